The predicted molar refractivity (Wildman–Crippen MR) is 55.4 cm³/mol. The largest absolute Gasteiger partial charge is 0.483 e. The molecule has 0 saturated heterocycles. The van der Waals surface area contributed by atoms with Crippen LogP contribution in [0.4, 0.5) is 0 Å². The monoisotopic (exact) mass is 203 g/mol. The molecule has 0 aromatic heterocycles. The molecule has 1 aromatic rings. The molecule has 15 heavy (non-hydrogen) atoms. The highest BCUT2D eigenvalue weighted by Crippen LogP contribution is 2.38. The van der Waals surface area contributed by atoms with Gasteiger partial charge in [0.15, 0.2) is 5.60 Å². The van der Waals surface area contributed by atoms with E-state index >= 15 is 0 Å². The van der Waals surface area contributed by atoms with Gasteiger partial charge in [-0.05, 0) is 25.5 Å². The van der Waals surface area contributed by atoms with Crippen molar-refractivity contribution < 1.29 is 9.84 Å². The second-order valence-corrected chi connectivity index (χ2v) is 4.37. The van der Waals surface area contributed by atoms with Crippen molar-refractivity contribution in [3.8, 4) is 11.8 Å². The zero-order valence-corrected chi connectivity index (χ0v) is 8.82. The van der Waals surface area contributed by atoms with Crippen molar-refractivity contribution >= 4 is 0 Å². The molecule has 1 aromatic carbocycles. The number of hydrogen-bond donors (Lipinski definition) is 1. The molecule has 78 valence electrons. The van der Waals surface area contributed by atoms with Crippen LogP contribution >= 0.6 is 0 Å². The Hall–Kier alpha value is -1.53. The average Bonchev–Trinajstić information content (AvgIpc) is 2.19. The first-order valence-corrected chi connectivity index (χ1v) is 4.89. The van der Waals surface area contributed by atoms with E-state index < -0.39 is 11.2 Å². The van der Waals surface area contributed by atoms with Gasteiger partial charge >= 0.3 is 0 Å². The number of fused-ring (bicyclic) bond motifs is 1. The molecule has 1 unspecified atom stereocenters. The zero-order valence-electron chi connectivity index (χ0n) is 8.82. The maximum atomic E-state index is 10.2. The third-order valence-electron chi connectivity index (χ3n) is 2.96. The van der Waals surface area contributed by atoms with Crippen LogP contribution in [0.3, 0.4) is 0 Å². The smallest absolute Gasteiger partial charge is 0.194 e. The summed E-state index contributed by atoms with van der Waals surface area (Å²) in [6.45, 7) is 3.46. The van der Waals surface area contributed by atoms with Gasteiger partial charge in [0.05, 0.1) is 0 Å². The van der Waals surface area contributed by atoms with E-state index in [0.717, 1.165) is 11.3 Å². The second-order valence-electron chi connectivity index (χ2n) is 4.37. The molecule has 1 atom stereocenters. The quantitative estimate of drug-likeness (QED) is 0.652. The molecule has 3 nitrogen and oxygen atoms in total. The summed E-state index contributed by atoms with van der Waals surface area (Å²) in [6, 6.07) is 9.42. The summed E-state index contributed by atoms with van der Waals surface area (Å²) in [4.78, 5) is 0. The fourth-order valence-corrected chi connectivity index (χ4v) is 1.77. The number of para-hydroxylation sites is 1. The molecule has 0 bridgehead atoms. The molecular weight excluding hydrogens is 190 g/mol. The maximum absolute atomic E-state index is 10.2. The van der Waals surface area contributed by atoms with Crippen LogP contribution in [0.5, 0.6) is 5.75 Å². The van der Waals surface area contributed by atoms with Gasteiger partial charge < -0.3 is 9.84 Å². The number of hydrogen-bond acceptors (Lipinski definition) is 3. The summed E-state index contributed by atoms with van der Waals surface area (Å²) in [7, 11) is 0. The summed E-state index contributed by atoms with van der Waals surface area (Å²) in [6.07, 6.45) is 0.312. The van der Waals surface area contributed by atoms with Crippen LogP contribution in [-0.4, -0.2) is 16.3 Å². The molecule has 0 saturated carbocycles. The van der Waals surface area contributed by atoms with Gasteiger partial charge in [-0.25, -0.2) is 0 Å². The second kappa shape index (κ2) is 2.98. The summed E-state index contributed by atoms with van der Waals surface area (Å²) in [5, 5.41) is 19.2. The molecule has 0 fully saturated rings. The molecule has 0 amide bonds. The van der Waals surface area contributed by atoms with E-state index in [9.17, 15) is 5.11 Å². The minimum atomic E-state index is -1.46. The first-order valence-electron chi connectivity index (χ1n) is 4.89. The Kier molecular flexibility index (Phi) is 1.99. The summed E-state index contributed by atoms with van der Waals surface area (Å²) < 4.78 is 5.65. The van der Waals surface area contributed by atoms with Crippen LogP contribution in [0.1, 0.15) is 19.4 Å². The van der Waals surface area contributed by atoms with Crippen LogP contribution in [0, 0.1) is 11.3 Å². The fourth-order valence-electron chi connectivity index (χ4n) is 1.77. The Morgan fingerprint density at radius 1 is 1.40 bits per heavy atom. The molecular formula is C12H13NO2. The lowest BCUT2D eigenvalue weighted by Crippen LogP contribution is -2.56. The van der Waals surface area contributed by atoms with Gasteiger partial charge in [0.1, 0.15) is 17.4 Å². The van der Waals surface area contributed by atoms with Crippen molar-refractivity contribution in [2.75, 3.05) is 0 Å². The third kappa shape index (κ3) is 1.38. The zero-order chi connectivity index (χ0) is 11.1. The summed E-state index contributed by atoms with van der Waals surface area (Å²) >= 11 is 0. The lowest BCUT2D eigenvalue weighted by molar-refractivity contribution is -0.0895. The number of benzene rings is 1. The van der Waals surface area contributed by atoms with Crippen LogP contribution in [0.25, 0.3) is 0 Å². The number of nitriles is 1. The van der Waals surface area contributed by atoms with Crippen molar-refractivity contribution in [1.29, 1.82) is 5.26 Å². The van der Waals surface area contributed by atoms with E-state index in [4.69, 9.17) is 10.00 Å². The first-order chi connectivity index (χ1) is 6.98. The van der Waals surface area contributed by atoms with Crippen molar-refractivity contribution in [1.82, 2.24) is 0 Å². The predicted octanol–water partition coefficient (Wildman–Crippen LogP) is 1.65. The van der Waals surface area contributed by atoms with Gasteiger partial charge in [0.2, 0.25) is 0 Å². The highest BCUT2D eigenvalue weighted by molar-refractivity contribution is 5.40. The third-order valence-corrected chi connectivity index (χ3v) is 2.96. The minimum Gasteiger partial charge on any atom is -0.483 e. The molecule has 3 heteroatoms. The number of nitrogens with zero attached hydrogens (tertiary/aromatic N) is 1. The first kappa shape index (κ1) is 10.0. The lowest BCUT2D eigenvalue weighted by atomic mass is 9.79. The Morgan fingerprint density at radius 3 is 2.73 bits per heavy atom. The molecule has 1 heterocycles. The standard InChI is InChI=1S/C12H13NO2/c1-11(2)12(14,8-13)7-9-5-3-4-6-10(9)15-11/h3-6,14H,7H2,1-2H3. The van der Waals surface area contributed by atoms with E-state index in [1.807, 2.05) is 30.3 Å². The number of ether oxygens (including phenoxy) is 1. The van der Waals surface area contributed by atoms with Crippen LogP contribution in [0.15, 0.2) is 24.3 Å². The molecule has 1 aliphatic heterocycles. The van der Waals surface area contributed by atoms with Crippen molar-refractivity contribution in [2.45, 2.75) is 31.5 Å². The topological polar surface area (TPSA) is 53.2 Å². The van der Waals surface area contributed by atoms with Gasteiger partial charge in [-0.2, -0.15) is 5.26 Å². The Morgan fingerprint density at radius 2 is 2.07 bits per heavy atom. The maximum Gasteiger partial charge on any atom is 0.194 e. The van der Waals surface area contributed by atoms with Crippen molar-refractivity contribution in [3.05, 3.63) is 29.8 Å². The fraction of sp³-hybridized carbons (Fsp3) is 0.417. The number of rotatable bonds is 0. The van der Waals surface area contributed by atoms with Crippen LogP contribution in [-0.2, 0) is 6.42 Å². The Balaban J connectivity index is 2.50. The molecule has 1 N–H and O–H groups in total. The minimum absolute atomic E-state index is 0.312. The highest BCUT2D eigenvalue weighted by Gasteiger charge is 2.49. The summed E-state index contributed by atoms with van der Waals surface area (Å²) in [5.41, 5.74) is -1.46. The molecule has 2 rings (SSSR count). The van der Waals surface area contributed by atoms with Crippen molar-refractivity contribution in [2.24, 2.45) is 0 Å². The molecule has 0 spiro atoms. The van der Waals surface area contributed by atoms with Crippen molar-refractivity contribution in [3.63, 3.8) is 0 Å². The van der Waals surface area contributed by atoms with Gasteiger partial charge in [-0.15, -0.1) is 0 Å². The van der Waals surface area contributed by atoms with Crippen LogP contribution < -0.4 is 4.74 Å². The Labute approximate surface area is 88.9 Å². The SMILES string of the molecule is CC1(C)Oc2ccccc2CC1(O)C#N. The lowest BCUT2D eigenvalue weighted by Gasteiger charge is -2.42. The van der Waals surface area contributed by atoms with E-state index in [1.165, 1.54) is 0 Å². The average molecular weight is 203 g/mol. The van der Waals surface area contributed by atoms with E-state index in [2.05, 4.69) is 0 Å². The normalized spacial score (nSPS) is 27.3. The number of aliphatic hydroxyl groups is 1. The summed E-state index contributed by atoms with van der Waals surface area (Å²) in [5.74, 6) is 0.752. The van der Waals surface area contributed by atoms with Gasteiger partial charge in [-0.1, -0.05) is 18.2 Å². The van der Waals surface area contributed by atoms with E-state index in [-0.39, 0.29) is 0 Å². The molecule has 0 aliphatic carbocycles. The van der Waals surface area contributed by atoms with Crippen LogP contribution in [0.2, 0.25) is 0 Å². The van der Waals surface area contributed by atoms with Gasteiger partial charge in [0, 0.05) is 6.42 Å². The molecule has 0 radical (unpaired) electrons. The highest BCUT2D eigenvalue weighted by atomic mass is 16.5. The van der Waals surface area contributed by atoms with E-state index in [1.54, 1.807) is 13.8 Å². The van der Waals surface area contributed by atoms with E-state index in [0.29, 0.717) is 6.42 Å². The molecule has 1 aliphatic rings. The Bertz CT molecular complexity index is 433. The van der Waals surface area contributed by atoms with Gasteiger partial charge in [-0.3, -0.25) is 0 Å². The van der Waals surface area contributed by atoms with Gasteiger partial charge in [0.25, 0.3) is 0 Å².